The van der Waals surface area contributed by atoms with Crippen LogP contribution in [0.4, 0.5) is 4.39 Å². The Morgan fingerprint density at radius 3 is 2.91 bits per heavy atom. The summed E-state index contributed by atoms with van der Waals surface area (Å²) in [5.41, 5.74) is 0.490. The molecule has 2 N–H and O–H groups in total. The average Bonchev–Trinajstić information content (AvgIpc) is 2.52. The molecule has 2 rings (SSSR count). The molecule has 1 aliphatic rings. The van der Waals surface area contributed by atoms with Crippen molar-refractivity contribution in [3.8, 4) is 5.75 Å². The van der Waals surface area contributed by atoms with Crippen LogP contribution in [0.3, 0.4) is 0 Å². The first kappa shape index (κ1) is 17.2. The minimum Gasteiger partial charge on any atom is -0.497 e. The highest BCUT2D eigenvalue weighted by Gasteiger charge is 2.36. The maximum absolute atomic E-state index is 14.1. The predicted octanol–water partition coefficient (Wildman–Crippen LogP) is -0.329. The first-order valence-corrected chi connectivity index (χ1v) is 7.65. The first-order chi connectivity index (χ1) is 11.0. The fourth-order valence-corrected chi connectivity index (χ4v) is 2.71. The average molecular weight is 325 g/mol. The number of amides is 1. The molecular formula is C16H22FN2O4+. The highest BCUT2D eigenvalue weighted by atomic mass is 19.1. The number of hydrogen-bond donors (Lipinski definition) is 2. The van der Waals surface area contributed by atoms with Gasteiger partial charge < -0.3 is 19.7 Å². The molecule has 1 heterocycles. The van der Waals surface area contributed by atoms with E-state index in [0.29, 0.717) is 30.9 Å². The molecule has 0 aliphatic carbocycles. The highest BCUT2D eigenvalue weighted by molar-refractivity contribution is 5.85. The maximum atomic E-state index is 14.1. The number of ether oxygens (including phenoxy) is 2. The van der Waals surface area contributed by atoms with Gasteiger partial charge >= 0.3 is 5.97 Å². The molecule has 1 amide bonds. The maximum Gasteiger partial charge on any atom is 0.312 e. The number of piperazine rings is 1. The summed E-state index contributed by atoms with van der Waals surface area (Å²) < 4.78 is 24.0. The summed E-state index contributed by atoms with van der Waals surface area (Å²) in [5, 5.41) is 2.75. The second kappa shape index (κ2) is 7.92. The number of halogens is 1. The van der Waals surface area contributed by atoms with Crippen molar-refractivity contribution in [2.45, 2.75) is 25.9 Å². The second-order valence-electron chi connectivity index (χ2n) is 5.40. The number of carbonyl (C=O) groups is 2. The van der Waals surface area contributed by atoms with Gasteiger partial charge in [0.1, 0.15) is 24.5 Å². The van der Waals surface area contributed by atoms with E-state index >= 15 is 0 Å². The minimum absolute atomic E-state index is 0.00716. The van der Waals surface area contributed by atoms with Crippen LogP contribution in [0, 0.1) is 5.82 Å². The predicted molar refractivity (Wildman–Crippen MR) is 80.5 cm³/mol. The summed E-state index contributed by atoms with van der Waals surface area (Å²) in [7, 11) is 1.48. The third-order valence-corrected chi connectivity index (χ3v) is 3.91. The van der Waals surface area contributed by atoms with Gasteiger partial charge in [0.2, 0.25) is 0 Å². The summed E-state index contributed by atoms with van der Waals surface area (Å²) in [6, 6.07) is 4.08. The molecule has 7 heteroatoms. The molecule has 0 saturated carbocycles. The van der Waals surface area contributed by atoms with E-state index in [2.05, 4.69) is 5.32 Å². The fourth-order valence-electron chi connectivity index (χ4n) is 2.71. The molecule has 0 spiro atoms. The molecule has 23 heavy (non-hydrogen) atoms. The standard InChI is InChI=1S/C16H21FN2O4/c1-3-23-15(20)9-14-16(21)18-6-7-19(14)10-11-4-5-12(22-2)8-13(11)17/h4-5,8,14H,3,6-7,9-10H2,1-2H3,(H,18,21)/p+1/t14-/m0/s1. The quantitative estimate of drug-likeness (QED) is 0.703. The Morgan fingerprint density at radius 2 is 2.26 bits per heavy atom. The Morgan fingerprint density at radius 1 is 1.48 bits per heavy atom. The lowest BCUT2D eigenvalue weighted by Gasteiger charge is -2.31. The molecule has 0 aromatic heterocycles. The van der Waals surface area contributed by atoms with Gasteiger partial charge in [0.25, 0.3) is 5.91 Å². The molecule has 1 aliphatic heterocycles. The number of esters is 1. The van der Waals surface area contributed by atoms with E-state index in [1.165, 1.54) is 13.2 Å². The molecule has 2 atom stereocenters. The van der Waals surface area contributed by atoms with Crippen LogP contribution in [0.2, 0.25) is 0 Å². The lowest BCUT2D eigenvalue weighted by Crippen LogP contribution is -3.18. The summed E-state index contributed by atoms with van der Waals surface area (Å²) >= 11 is 0. The summed E-state index contributed by atoms with van der Waals surface area (Å²) in [6.45, 7) is 3.45. The van der Waals surface area contributed by atoms with E-state index in [1.807, 2.05) is 0 Å². The van der Waals surface area contributed by atoms with Gasteiger partial charge in [-0.15, -0.1) is 0 Å². The van der Waals surface area contributed by atoms with E-state index < -0.39 is 12.0 Å². The number of hydrogen-bond acceptors (Lipinski definition) is 4. The van der Waals surface area contributed by atoms with Gasteiger partial charge in [0.15, 0.2) is 6.04 Å². The number of benzene rings is 1. The summed E-state index contributed by atoms with van der Waals surface area (Å²) in [4.78, 5) is 24.6. The molecule has 1 saturated heterocycles. The van der Waals surface area contributed by atoms with E-state index in [-0.39, 0.29) is 24.8 Å². The van der Waals surface area contributed by atoms with Crippen molar-refractivity contribution in [1.82, 2.24) is 5.32 Å². The molecular weight excluding hydrogens is 303 g/mol. The van der Waals surface area contributed by atoms with Gasteiger partial charge in [-0.1, -0.05) is 0 Å². The lowest BCUT2D eigenvalue weighted by molar-refractivity contribution is -0.930. The molecule has 0 radical (unpaired) electrons. The Bertz CT molecular complexity index is 579. The van der Waals surface area contributed by atoms with Crippen LogP contribution in [0.15, 0.2) is 18.2 Å². The number of quaternary nitrogens is 1. The van der Waals surface area contributed by atoms with Crippen molar-refractivity contribution in [3.05, 3.63) is 29.6 Å². The van der Waals surface area contributed by atoms with Crippen LogP contribution >= 0.6 is 0 Å². The van der Waals surface area contributed by atoms with Gasteiger partial charge in [0.05, 0.1) is 26.8 Å². The Labute approximate surface area is 134 Å². The number of nitrogens with one attached hydrogen (secondary N) is 2. The van der Waals surface area contributed by atoms with E-state index in [9.17, 15) is 14.0 Å². The van der Waals surface area contributed by atoms with Crippen molar-refractivity contribution in [3.63, 3.8) is 0 Å². The van der Waals surface area contributed by atoms with E-state index in [0.717, 1.165) is 4.90 Å². The minimum atomic E-state index is -0.565. The van der Waals surface area contributed by atoms with Crippen molar-refractivity contribution in [2.75, 3.05) is 26.8 Å². The molecule has 1 fully saturated rings. The van der Waals surface area contributed by atoms with Gasteiger partial charge in [-0.05, 0) is 19.1 Å². The zero-order chi connectivity index (χ0) is 16.8. The Hall–Kier alpha value is -2.15. The van der Waals surface area contributed by atoms with Crippen LogP contribution in [0.5, 0.6) is 5.75 Å². The summed E-state index contributed by atoms with van der Waals surface area (Å²) in [6.07, 6.45) is -0.00716. The highest BCUT2D eigenvalue weighted by Crippen LogP contribution is 2.15. The topological polar surface area (TPSA) is 69.1 Å². The van der Waals surface area contributed by atoms with Gasteiger partial charge in [-0.2, -0.15) is 0 Å². The SMILES string of the molecule is CCOC(=O)C[C@H]1C(=O)NCC[NH+]1Cc1ccc(OC)cc1F. The van der Waals surface area contributed by atoms with Gasteiger partial charge in [-0.3, -0.25) is 9.59 Å². The number of rotatable bonds is 6. The van der Waals surface area contributed by atoms with Gasteiger partial charge in [-0.25, -0.2) is 4.39 Å². The third kappa shape index (κ3) is 4.41. The summed E-state index contributed by atoms with van der Waals surface area (Å²) in [5.74, 6) is -0.547. The van der Waals surface area contributed by atoms with Crippen LogP contribution < -0.4 is 15.0 Å². The normalized spacial score (nSPS) is 20.7. The number of methoxy groups -OCH3 is 1. The fraction of sp³-hybridized carbons (Fsp3) is 0.500. The van der Waals surface area contributed by atoms with E-state index in [1.54, 1.807) is 19.1 Å². The van der Waals surface area contributed by atoms with Crippen molar-refractivity contribution in [2.24, 2.45) is 0 Å². The Balaban J connectivity index is 2.11. The molecule has 1 unspecified atom stereocenters. The molecule has 0 bridgehead atoms. The van der Waals surface area contributed by atoms with Crippen LogP contribution in [-0.2, 0) is 20.9 Å². The number of carbonyl (C=O) groups excluding carboxylic acids is 2. The largest absolute Gasteiger partial charge is 0.497 e. The lowest BCUT2D eigenvalue weighted by atomic mass is 10.1. The second-order valence-corrected chi connectivity index (χ2v) is 5.40. The molecule has 126 valence electrons. The zero-order valence-electron chi connectivity index (χ0n) is 13.4. The van der Waals surface area contributed by atoms with Crippen LogP contribution in [0.25, 0.3) is 0 Å². The smallest absolute Gasteiger partial charge is 0.312 e. The molecule has 6 nitrogen and oxygen atoms in total. The van der Waals surface area contributed by atoms with Crippen LogP contribution in [-0.4, -0.2) is 44.7 Å². The van der Waals surface area contributed by atoms with E-state index in [4.69, 9.17) is 9.47 Å². The molecule has 1 aromatic rings. The van der Waals surface area contributed by atoms with Crippen molar-refractivity contribution >= 4 is 11.9 Å². The monoisotopic (exact) mass is 325 g/mol. The van der Waals surface area contributed by atoms with Crippen molar-refractivity contribution < 1.29 is 28.4 Å². The van der Waals surface area contributed by atoms with Gasteiger partial charge in [0, 0.05) is 11.6 Å². The molecule has 1 aromatic carbocycles. The Kier molecular flexibility index (Phi) is 5.92. The van der Waals surface area contributed by atoms with Crippen LogP contribution in [0.1, 0.15) is 18.9 Å². The first-order valence-electron chi connectivity index (χ1n) is 7.65. The van der Waals surface area contributed by atoms with Crippen molar-refractivity contribution in [1.29, 1.82) is 0 Å². The zero-order valence-corrected chi connectivity index (χ0v) is 13.4. The third-order valence-electron chi connectivity index (χ3n) is 3.91.